The molecule has 0 aliphatic heterocycles. The number of hydrogen-bond acceptors (Lipinski definition) is 4. The van der Waals surface area contributed by atoms with Gasteiger partial charge in [-0.2, -0.15) is 0 Å². The van der Waals surface area contributed by atoms with Gasteiger partial charge in [0.1, 0.15) is 5.60 Å². The molecule has 0 fully saturated rings. The number of ether oxygens (including phenoxy) is 1. The first kappa shape index (κ1) is 19.5. The van der Waals surface area contributed by atoms with Crippen molar-refractivity contribution in [2.75, 3.05) is 0 Å². The molecule has 0 spiro atoms. The minimum Gasteiger partial charge on any atom is -0.444 e. The maximum absolute atomic E-state index is 11.9. The summed E-state index contributed by atoms with van der Waals surface area (Å²) in [6, 6.07) is 8.51. The van der Waals surface area contributed by atoms with Gasteiger partial charge in [-0.15, -0.1) is 0 Å². The van der Waals surface area contributed by atoms with Crippen LogP contribution in [0, 0.1) is 0 Å². The zero-order valence-corrected chi connectivity index (χ0v) is 14.7. The molecule has 0 saturated heterocycles. The predicted molar refractivity (Wildman–Crippen MR) is 90.1 cm³/mol. The van der Waals surface area contributed by atoms with E-state index in [2.05, 4.69) is 16.2 Å². The third-order valence-electron chi connectivity index (χ3n) is 2.79. The van der Waals surface area contributed by atoms with E-state index in [-0.39, 0.29) is 6.42 Å². The summed E-state index contributed by atoms with van der Waals surface area (Å²) in [5.74, 6) is -0.845. The van der Waals surface area contributed by atoms with Crippen LogP contribution in [-0.2, 0) is 9.53 Å². The van der Waals surface area contributed by atoms with Crippen LogP contribution in [0.5, 0.6) is 0 Å². The maximum atomic E-state index is 11.9. The van der Waals surface area contributed by atoms with E-state index in [0.717, 1.165) is 0 Å². The third-order valence-corrected chi connectivity index (χ3v) is 2.79. The van der Waals surface area contributed by atoms with E-state index in [9.17, 15) is 14.4 Å². The van der Waals surface area contributed by atoms with Crippen LogP contribution in [0.3, 0.4) is 0 Å². The molecule has 1 aromatic carbocycles. The van der Waals surface area contributed by atoms with E-state index >= 15 is 0 Å². The standard InChI is InChI=1S/C17H25N3O4/c1-16(2,3)24-15(23)18-17(4,5)11-13(21)19-20-14(22)12-9-7-6-8-10-12/h6-10H,11H2,1-5H3,(H,18,23)(H,19,21)(H,20,22). The average Bonchev–Trinajstić information content (AvgIpc) is 2.42. The number of carbonyl (C=O) groups excluding carboxylic acids is 3. The fraction of sp³-hybridized carbons (Fsp3) is 0.471. The molecule has 0 aliphatic rings. The zero-order chi connectivity index (χ0) is 18.4. The zero-order valence-electron chi connectivity index (χ0n) is 14.7. The summed E-state index contributed by atoms with van der Waals surface area (Å²) in [5, 5.41) is 2.63. The number of nitrogens with one attached hydrogen (secondary N) is 3. The van der Waals surface area contributed by atoms with Crippen LogP contribution in [0.2, 0.25) is 0 Å². The molecule has 7 heteroatoms. The molecule has 0 radical (unpaired) electrons. The fourth-order valence-corrected chi connectivity index (χ4v) is 1.86. The van der Waals surface area contributed by atoms with Crippen LogP contribution >= 0.6 is 0 Å². The summed E-state index contributed by atoms with van der Waals surface area (Å²) < 4.78 is 5.16. The smallest absolute Gasteiger partial charge is 0.408 e. The fourth-order valence-electron chi connectivity index (χ4n) is 1.86. The van der Waals surface area contributed by atoms with Crippen molar-refractivity contribution in [3.05, 3.63) is 35.9 Å². The topological polar surface area (TPSA) is 96.5 Å². The molecule has 1 rings (SSSR count). The molecule has 0 atom stereocenters. The van der Waals surface area contributed by atoms with E-state index < -0.39 is 29.0 Å². The molecule has 3 N–H and O–H groups in total. The van der Waals surface area contributed by atoms with Gasteiger partial charge in [-0.3, -0.25) is 20.4 Å². The molecule has 0 heterocycles. The van der Waals surface area contributed by atoms with Crippen LogP contribution in [0.1, 0.15) is 51.4 Å². The van der Waals surface area contributed by atoms with Crippen molar-refractivity contribution in [1.29, 1.82) is 0 Å². The van der Waals surface area contributed by atoms with Gasteiger partial charge in [0.2, 0.25) is 5.91 Å². The van der Waals surface area contributed by atoms with E-state index in [1.54, 1.807) is 65.0 Å². The van der Waals surface area contributed by atoms with Crippen molar-refractivity contribution in [2.45, 2.75) is 52.2 Å². The van der Waals surface area contributed by atoms with Gasteiger partial charge in [0.05, 0.1) is 6.42 Å². The first-order valence-corrected chi connectivity index (χ1v) is 7.64. The number of hydrazine groups is 1. The number of hydrogen-bond donors (Lipinski definition) is 3. The van der Waals surface area contributed by atoms with Gasteiger partial charge in [-0.05, 0) is 46.8 Å². The number of carbonyl (C=O) groups is 3. The lowest BCUT2D eigenvalue weighted by molar-refractivity contribution is -0.123. The summed E-state index contributed by atoms with van der Waals surface area (Å²) in [5.41, 5.74) is 3.64. The monoisotopic (exact) mass is 335 g/mol. The molecule has 0 aromatic heterocycles. The highest BCUT2D eigenvalue weighted by Crippen LogP contribution is 2.12. The Bertz CT molecular complexity index is 592. The van der Waals surface area contributed by atoms with Gasteiger partial charge in [-0.25, -0.2) is 4.79 Å². The first-order valence-electron chi connectivity index (χ1n) is 7.64. The molecule has 1 aromatic rings. The lowest BCUT2D eigenvalue weighted by atomic mass is 10.0. The van der Waals surface area contributed by atoms with E-state index in [1.165, 1.54) is 0 Å². The van der Waals surface area contributed by atoms with Crippen molar-refractivity contribution in [3.63, 3.8) is 0 Å². The summed E-state index contributed by atoms with van der Waals surface area (Å²) in [4.78, 5) is 35.5. The molecule has 24 heavy (non-hydrogen) atoms. The predicted octanol–water partition coefficient (Wildman–Crippen LogP) is 2.14. The second kappa shape index (κ2) is 7.81. The van der Waals surface area contributed by atoms with Gasteiger partial charge in [0, 0.05) is 11.1 Å². The van der Waals surface area contributed by atoms with Crippen LogP contribution in [-0.4, -0.2) is 29.0 Å². The highest BCUT2D eigenvalue weighted by Gasteiger charge is 2.27. The lowest BCUT2D eigenvalue weighted by Gasteiger charge is -2.28. The van der Waals surface area contributed by atoms with Gasteiger partial charge >= 0.3 is 6.09 Å². The van der Waals surface area contributed by atoms with Crippen LogP contribution in [0.25, 0.3) is 0 Å². The molecule has 0 bridgehead atoms. The molecular weight excluding hydrogens is 310 g/mol. The molecule has 0 aliphatic carbocycles. The maximum Gasteiger partial charge on any atom is 0.408 e. The van der Waals surface area contributed by atoms with Crippen molar-refractivity contribution < 1.29 is 19.1 Å². The summed E-state index contributed by atoms with van der Waals surface area (Å²) in [7, 11) is 0. The Morgan fingerprint density at radius 1 is 0.958 bits per heavy atom. The van der Waals surface area contributed by atoms with E-state index in [1.807, 2.05) is 0 Å². The second-order valence-corrected chi connectivity index (χ2v) is 7.06. The SMILES string of the molecule is CC(C)(CC(=O)NNC(=O)c1ccccc1)NC(=O)OC(C)(C)C. The Morgan fingerprint density at radius 2 is 1.54 bits per heavy atom. The Morgan fingerprint density at radius 3 is 2.08 bits per heavy atom. The Labute approximate surface area is 142 Å². The highest BCUT2D eigenvalue weighted by atomic mass is 16.6. The van der Waals surface area contributed by atoms with Crippen LogP contribution in [0.4, 0.5) is 4.79 Å². The minimum atomic E-state index is -0.829. The largest absolute Gasteiger partial charge is 0.444 e. The number of benzene rings is 1. The molecule has 0 saturated carbocycles. The van der Waals surface area contributed by atoms with Crippen LogP contribution < -0.4 is 16.2 Å². The quantitative estimate of drug-likeness (QED) is 0.735. The molecule has 0 unspecified atom stereocenters. The van der Waals surface area contributed by atoms with Crippen molar-refractivity contribution in [2.24, 2.45) is 0 Å². The summed E-state index contributed by atoms with van der Waals surface area (Å²) in [6.07, 6.45) is -0.630. The summed E-state index contributed by atoms with van der Waals surface area (Å²) >= 11 is 0. The van der Waals surface area contributed by atoms with Crippen molar-refractivity contribution >= 4 is 17.9 Å². The molecule has 132 valence electrons. The number of alkyl carbamates (subject to hydrolysis) is 1. The average molecular weight is 335 g/mol. The summed E-state index contributed by atoms with van der Waals surface area (Å²) in [6.45, 7) is 8.65. The molecule has 3 amide bonds. The van der Waals surface area contributed by atoms with Crippen molar-refractivity contribution in [1.82, 2.24) is 16.2 Å². The number of amides is 3. The van der Waals surface area contributed by atoms with E-state index in [0.29, 0.717) is 5.56 Å². The Hall–Kier alpha value is -2.57. The van der Waals surface area contributed by atoms with Crippen LogP contribution in [0.15, 0.2) is 30.3 Å². The normalized spacial score (nSPS) is 11.4. The van der Waals surface area contributed by atoms with Gasteiger partial charge in [0.25, 0.3) is 5.91 Å². The highest BCUT2D eigenvalue weighted by molar-refractivity contribution is 5.95. The Kier molecular flexibility index (Phi) is 6.34. The lowest BCUT2D eigenvalue weighted by Crippen LogP contribution is -2.50. The Balaban J connectivity index is 2.45. The second-order valence-electron chi connectivity index (χ2n) is 7.06. The minimum absolute atomic E-state index is 0.0265. The van der Waals surface area contributed by atoms with Gasteiger partial charge in [0.15, 0.2) is 0 Å². The van der Waals surface area contributed by atoms with Crippen molar-refractivity contribution in [3.8, 4) is 0 Å². The number of rotatable bonds is 4. The molecule has 7 nitrogen and oxygen atoms in total. The first-order chi connectivity index (χ1) is 11.0. The third kappa shape index (κ3) is 7.62. The van der Waals surface area contributed by atoms with E-state index in [4.69, 9.17) is 4.74 Å². The van der Waals surface area contributed by atoms with Gasteiger partial charge in [-0.1, -0.05) is 18.2 Å². The van der Waals surface area contributed by atoms with Gasteiger partial charge < -0.3 is 10.1 Å². The molecular formula is C17H25N3O4.